The van der Waals surface area contributed by atoms with E-state index in [0.29, 0.717) is 10.0 Å². The zero-order chi connectivity index (χ0) is 22.0. The fourth-order valence-corrected chi connectivity index (χ4v) is 5.71. The van der Waals surface area contributed by atoms with E-state index in [0.717, 1.165) is 66.3 Å². The number of piperidine rings is 1. The number of nitrogens with two attached hydrogens (primary N) is 1. The van der Waals surface area contributed by atoms with E-state index < -0.39 is 0 Å². The molecule has 0 saturated carbocycles. The molecule has 6 rings (SSSR count). The summed E-state index contributed by atoms with van der Waals surface area (Å²) < 4.78 is 7.94. The molecule has 0 aliphatic carbocycles. The highest BCUT2D eigenvalue weighted by Crippen LogP contribution is 2.43. The standard InChI is InChI=1S/C23H24Cl2N6O/c1-13-19(26)23(12-32-13)5-8-30(9-6-23)22-29-20-17(21-27-7-10-31(21)22)15(11-28-20)14-3-2-4-16(24)18(14)25/h2-4,7,10-11,13,19,28H,5-6,8-9,12,26H2,1H3/t13-,19+/m0/s1. The Hall–Kier alpha value is -2.32. The van der Waals surface area contributed by atoms with Crippen LogP contribution in [0.25, 0.3) is 27.8 Å². The Bertz CT molecular complexity index is 1320. The van der Waals surface area contributed by atoms with Crippen LogP contribution in [0.4, 0.5) is 5.95 Å². The first kappa shape index (κ1) is 20.3. The van der Waals surface area contributed by atoms with Gasteiger partial charge in [0, 0.05) is 54.3 Å². The maximum Gasteiger partial charge on any atom is 0.213 e. The van der Waals surface area contributed by atoms with Crippen molar-refractivity contribution < 1.29 is 4.74 Å². The molecule has 2 aliphatic rings. The monoisotopic (exact) mass is 470 g/mol. The molecule has 2 aliphatic heterocycles. The van der Waals surface area contributed by atoms with Crippen molar-refractivity contribution in [2.75, 3.05) is 24.6 Å². The van der Waals surface area contributed by atoms with Crippen molar-refractivity contribution in [3.05, 3.63) is 46.8 Å². The molecule has 166 valence electrons. The van der Waals surface area contributed by atoms with Gasteiger partial charge in [0.2, 0.25) is 5.95 Å². The minimum absolute atomic E-state index is 0.0665. The van der Waals surface area contributed by atoms with Gasteiger partial charge < -0.3 is 20.4 Å². The minimum atomic E-state index is 0.0665. The van der Waals surface area contributed by atoms with Gasteiger partial charge in [0.25, 0.3) is 0 Å². The fourth-order valence-electron chi connectivity index (χ4n) is 5.30. The first-order valence-corrected chi connectivity index (χ1v) is 11.6. The van der Waals surface area contributed by atoms with E-state index in [4.69, 9.17) is 38.7 Å². The Balaban J connectivity index is 1.41. The molecule has 32 heavy (non-hydrogen) atoms. The molecular weight excluding hydrogens is 447 g/mol. The zero-order valence-electron chi connectivity index (χ0n) is 17.7. The summed E-state index contributed by atoms with van der Waals surface area (Å²) >= 11 is 12.8. The summed E-state index contributed by atoms with van der Waals surface area (Å²) in [6, 6.07) is 5.73. The van der Waals surface area contributed by atoms with Crippen LogP contribution in [0.15, 0.2) is 36.8 Å². The topological polar surface area (TPSA) is 84.5 Å². The second kappa shape index (κ2) is 7.35. The lowest BCUT2D eigenvalue weighted by Gasteiger charge is -2.41. The molecule has 0 radical (unpaired) electrons. The number of hydrogen-bond donors (Lipinski definition) is 2. The minimum Gasteiger partial charge on any atom is -0.376 e. The smallest absolute Gasteiger partial charge is 0.213 e. The molecule has 1 aromatic carbocycles. The number of nitrogens with one attached hydrogen (secondary N) is 1. The number of imidazole rings is 1. The molecule has 3 aromatic heterocycles. The van der Waals surface area contributed by atoms with Crippen molar-refractivity contribution in [1.82, 2.24) is 19.4 Å². The average Bonchev–Trinajstić information content (AvgIpc) is 3.51. The summed E-state index contributed by atoms with van der Waals surface area (Å²) in [5, 5.41) is 1.97. The van der Waals surface area contributed by atoms with Crippen LogP contribution < -0.4 is 10.6 Å². The summed E-state index contributed by atoms with van der Waals surface area (Å²) in [6.45, 7) is 4.58. The second-order valence-corrected chi connectivity index (χ2v) is 9.74. The Labute approximate surface area is 195 Å². The molecule has 2 saturated heterocycles. The van der Waals surface area contributed by atoms with Gasteiger partial charge in [-0.15, -0.1) is 0 Å². The number of benzene rings is 1. The van der Waals surface area contributed by atoms with Crippen molar-refractivity contribution in [3.63, 3.8) is 0 Å². The van der Waals surface area contributed by atoms with E-state index in [2.05, 4.69) is 26.2 Å². The number of aromatic nitrogens is 4. The Morgan fingerprint density at radius 1 is 1.22 bits per heavy atom. The number of rotatable bonds is 2. The summed E-state index contributed by atoms with van der Waals surface area (Å²) in [7, 11) is 0. The number of nitrogens with zero attached hydrogens (tertiary/aromatic N) is 4. The highest BCUT2D eigenvalue weighted by molar-refractivity contribution is 6.44. The van der Waals surface area contributed by atoms with Crippen molar-refractivity contribution >= 4 is 45.8 Å². The number of aromatic amines is 1. The summed E-state index contributed by atoms with van der Waals surface area (Å²) in [4.78, 5) is 15.3. The molecule has 7 nitrogen and oxygen atoms in total. The molecule has 5 heterocycles. The Morgan fingerprint density at radius 2 is 2.03 bits per heavy atom. The first-order valence-electron chi connectivity index (χ1n) is 10.9. The van der Waals surface area contributed by atoms with Crippen LogP contribution in [0.5, 0.6) is 0 Å². The highest BCUT2D eigenvalue weighted by atomic mass is 35.5. The van der Waals surface area contributed by atoms with Gasteiger partial charge in [-0.25, -0.2) is 4.98 Å². The van der Waals surface area contributed by atoms with Crippen LogP contribution >= 0.6 is 23.2 Å². The Kier molecular flexibility index (Phi) is 4.66. The zero-order valence-corrected chi connectivity index (χ0v) is 19.2. The quantitative estimate of drug-likeness (QED) is 0.449. The lowest BCUT2D eigenvalue weighted by molar-refractivity contribution is 0.0973. The summed E-state index contributed by atoms with van der Waals surface area (Å²) in [6.07, 6.45) is 7.79. The van der Waals surface area contributed by atoms with E-state index in [9.17, 15) is 0 Å². The number of anilines is 1. The predicted molar refractivity (Wildman–Crippen MR) is 128 cm³/mol. The lowest BCUT2D eigenvalue weighted by atomic mass is 9.73. The maximum absolute atomic E-state index is 6.52. The number of H-pyrrole nitrogens is 1. The molecule has 0 bridgehead atoms. The van der Waals surface area contributed by atoms with Crippen molar-refractivity contribution in [2.45, 2.75) is 31.9 Å². The van der Waals surface area contributed by atoms with Crippen LogP contribution in [0.3, 0.4) is 0 Å². The average molecular weight is 471 g/mol. The normalized spacial score (nSPS) is 23.1. The largest absolute Gasteiger partial charge is 0.376 e. The molecule has 0 unspecified atom stereocenters. The second-order valence-electron chi connectivity index (χ2n) is 8.95. The van der Waals surface area contributed by atoms with E-state index in [1.165, 1.54) is 0 Å². The van der Waals surface area contributed by atoms with Gasteiger partial charge >= 0.3 is 0 Å². The third-order valence-corrected chi connectivity index (χ3v) is 8.10. The van der Waals surface area contributed by atoms with Crippen LogP contribution in [-0.4, -0.2) is 51.2 Å². The molecule has 4 aromatic rings. The van der Waals surface area contributed by atoms with Crippen molar-refractivity contribution in [3.8, 4) is 11.1 Å². The molecule has 2 fully saturated rings. The lowest BCUT2D eigenvalue weighted by Crippen LogP contribution is -2.51. The van der Waals surface area contributed by atoms with E-state index in [1.54, 1.807) is 6.07 Å². The molecule has 2 atom stereocenters. The van der Waals surface area contributed by atoms with Gasteiger partial charge in [0.1, 0.15) is 5.65 Å². The van der Waals surface area contributed by atoms with Gasteiger partial charge in [-0.2, -0.15) is 4.98 Å². The molecule has 0 amide bonds. The first-order chi connectivity index (χ1) is 15.5. The fraction of sp³-hybridized carbons (Fsp3) is 0.391. The molecule has 3 N–H and O–H groups in total. The van der Waals surface area contributed by atoms with Gasteiger partial charge in [0.05, 0.1) is 28.1 Å². The van der Waals surface area contributed by atoms with Gasteiger partial charge in [-0.1, -0.05) is 35.3 Å². The molecular formula is C23H24Cl2N6O. The number of hydrogen-bond acceptors (Lipinski definition) is 5. The van der Waals surface area contributed by atoms with Crippen LogP contribution in [-0.2, 0) is 4.74 Å². The Morgan fingerprint density at radius 3 is 2.78 bits per heavy atom. The van der Waals surface area contributed by atoms with Crippen molar-refractivity contribution in [1.29, 1.82) is 0 Å². The van der Waals surface area contributed by atoms with Crippen molar-refractivity contribution in [2.24, 2.45) is 11.1 Å². The maximum atomic E-state index is 6.52. The highest BCUT2D eigenvalue weighted by Gasteiger charge is 2.47. The number of halogens is 2. The van der Waals surface area contributed by atoms with Gasteiger partial charge in [-0.05, 0) is 25.8 Å². The van der Waals surface area contributed by atoms with E-state index >= 15 is 0 Å². The number of fused-ring (bicyclic) bond motifs is 3. The van der Waals surface area contributed by atoms with E-state index in [-0.39, 0.29) is 17.6 Å². The third kappa shape index (κ3) is 2.88. The summed E-state index contributed by atoms with van der Waals surface area (Å²) in [5.74, 6) is 0.881. The SMILES string of the molecule is C[C@@H]1OCC2(CCN(c3nc4[nH]cc(-c5cccc(Cl)c5Cl)c4c4nccn34)CC2)[C@@H]1N. The van der Waals surface area contributed by atoms with Crippen LogP contribution in [0.2, 0.25) is 10.0 Å². The van der Waals surface area contributed by atoms with Gasteiger partial charge in [0.15, 0.2) is 5.65 Å². The number of ether oxygens (including phenoxy) is 1. The van der Waals surface area contributed by atoms with Crippen LogP contribution in [0.1, 0.15) is 19.8 Å². The van der Waals surface area contributed by atoms with E-state index in [1.807, 2.05) is 30.7 Å². The third-order valence-electron chi connectivity index (χ3n) is 7.28. The summed E-state index contributed by atoms with van der Waals surface area (Å²) in [5.41, 5.74) is 9.97. The van der Waals surface area contributed by atoms with Gasteiger partial charge in [-0.3, -0.25) is 4.40 Å². The van der Waals surface area contributed by atoms with Crippen LogP contribution in [0, 0.1) is 5.41 Å². The molecule has 9 heteroatoms. The molecule has 1 spiro atoms. The predicted octanol–water partition coefficient (Wildman–Crippen LogP) is 4.52.